The lowest BCUT2D eigenvalue weighted by Gasteiger charge is -2.33. The molecule has 5 aromatic heterocycles. The fraction of sp³-hybridized carbons (Fsp3) is 0.357. The number of nitrogens with zero attached hydrogens (tertiary/aromatic N) is 10. The normalized spacial score (nSPS) is 14.6. The number of benzene rings is 1. The largest absolute Gasteiger partial charge is 0.461 e. The molecular formula is C42H40ClFN10O6. The van der Waals surface area contributed by atoms with Crippen LogP contribution in [0.4, 0.5) is 9.18 Å². The maximum atomic E-state index is 15.1. The van der Waals surface area contributed by atoms with Crippen LogP contribution in [0.25, 0.3) is 27.9 Å². The molecule has 0 atom stereocenters. The van der Waals surface area contributed by atoms with Gasteiger partial charge in [-0.1, -0.05) is 6.07 Å². The lowest BCUT2D eigenvalue weighted by atomic mass is 10.0. The van der Waals surface area contributed by atoms with Crippen molar-refractivity contribution in [1.82, 2.24) is 43.4 Å². The highest BCUT2D eigenvalue weighted by molar-refractivity contribution is 6.28. The van der Waals surface area contributed by atoms with Crippen LogP contribution < -0.4 is 5.69 Å². The molecule has 0 radical (unpaired) electrons. The smallest absolute Gasteiger partial charge is 0.410 e. The number of nitriles is 1. The Hall–Kier alpha value is -6.67. The number of imidazole rings is 1. The molecular weight excluding hydrogens is 795 g/mol. The second-order valence-electron chi connectivity index (χ2n) is 15.6. The van der Waals surface area contributed by atoms with Crippen LogP contribution in [0.1, 0.15) is 89.9 Å². The van der Waals surface area contributed by atoms with E-state index in [9.17, 15) is 24.4 Å². The van der Waals surface area contributed by atoms with Gasteiger partial charge >= 0.3 is 17.8 Å². The van der Waals surface area contributed by atoms with Crippen LogP contribution in [0.3, 0.4) is 0 Å². The van der Waals surface area contributed by atoms with Gasteiger partial charge in [0.15, 0.2) is 11.3 Å². The van der Waals surface area contributed by atoms with E-state index < -0.39 is 35.2 Å². The Balaban J connectivity index is 1.11. The predicted molar refractivity (Wildman–Crippen MR) is 216 cm³/mol. The third-order valence-electron chi connectivity index (χ3n) is 10.7. The molecule has 0 N–H and O–H groups in total. The summed E-state index contributed by atoms with van der Waals surface area (Å²) < 4.78 is 30.6. The minimum Gasteiger partial charge on any atom is -0.461 e. The molecule has 0 saturated carbocycles. The first-order chi connectivity index (χ1) is 28.8. The number of esters is 1. The van der Waals surface area contributed by atoms with Gasteiger partial charge < -0.3 is 23.8 Å². The minimum atomic E-state index is -0.809. The Bertz CT molecular complexity index is 2790. The highest BCUT2D eigenvalue weighted by Crippen LogP contribution is 2.33. The molecule has 60 heavy (non-hydrogen) atoms. The third-order valence-corrected chi connectivity index (χ3v) is 10.8. The van der Waals surface area contributed by atoms with Crippen LogP contribution in [0.2, 0.25) is 5.28 Å². The Morgan fingerprint density at radius 1 is 1.02 bits per heavy atom. The zero-order valence-corrected chi connectivity index (χ0v) is 34.1. The molecule has 0 unspecified atom stereocenters. The van der Waals surface area contributed by atoms with Crippen molar-refractivity contribution in [1.29, 1.82) is 5.26 Å². The summed E-state index contributed by atoms with van der Waals surface area (Å²) in [7, 11) is 0. The van der Waals surface area contributed by atoms with Gasteiger partial charge in [0.05, 0.1) is 43.2 Å². The van der Waals surface area contributed by atoms with Crippen molar-refractivity contribution in [3.05, 3.63) is 110 Å². The van der Waals surface area contributed by atoms with E-state index in [1.165, 1.54) is 27.5 Å². The first-order valence-electron chi connectivity index (χ1n) is 19.5. The average molecular weight is 835 g/mol. The summed E-state index contributed by atoms with van der Waals surface area (Å²) in [4.78, 5) is 75.7. The number of ether oxygens (including phenoxy) is 2. The lowest BCUT2D eigenvalue weighted by Crippen LogP contribution is -2.43. The van der Waals surface area contributed by atoms with Crippen LogP contribution >= 0.6 is 11.6 Å². The van der Waals surface area contributed by atoms with Crippen molar-refractivity contribution >= 4 is 51.8 Å². The van der Waals surface area contributed by atoms with Crippen LogP contribution in [-0.2, 0) is 29.0 Å². The summed E-state index contributed by atoms with van der Waals surface area (Å²) in [6.07, 6.45) is 3.88. The Morgan fingerprint density at radius 3 is 2.48 bits per heavy atom. The number of carbonyl (C=O) groups excluding carboxylic acids is 3. The Morgan fingerprint density at radius 2 is 1.80 bits per heavy atom. The first kappa shape index (κ1) is 40.1. The summed E-state index contributed by atoms with van der Waals surface area (Å²) in [5.41, 5.74) is 2.15. The van der Waals surface area contributed by atoms with Crippen molar-refractivity contribution < 1.29 is 28.2 Å². The second kappa shape index (κ2) is 15.8. The molecule has 0 bridgehead atoms. The van der Waals surface area contributed by atoms with E-state index in [1.807, 2.05) is 22.8 Å². The van der Waals surface area contributed by atoms with E-state index in [-0.39, 0.29) is 64.7 Å². The van der Waals surface area contributed by atoms with E-state index >= 15 is 4.39 Å². The lowest BCUT2D eigenvalue weighted by molar-refractivity contribution is 0.0188. The fourth-order valence-corrected chi connectivity index (χ4v) is 8.12. The van der Waals surface area contributed by atoms with Gasteiger partial charge in [-0.15, -0.1) is 0 Å². The van der Waals surface area contributed by atoms with Gasteiger partial charge in [0.2, 0.25) is 5.28 Å². The predicted octanol–water partition coefficient (Wildman–Crippen LogP) is 5.99. The quantitative estimate of drug-likeness (QED) is 0.136. The van der Waals surface area contributed by atoms with Crippen molar-refractivity contribution in [3.8, 4) is 11.8 Å². The average Bonchev–Trinajstić information content (AvgIpc) is 3.70. The molecule has 308 valence electrons. The number of halogens is 2. The number of piperidine rings is 1. The molecule has 1 saturated heterocycles. The summed E-state index contributed by atoms with van der Waals surface area (Å²) in [5.74, 6) is -1.69. The maximum absolute atomic E-state index is 15.1. The highest BCUT2D eigenvalue weighted by atomic mass is 35.5. The number of carbonyl (C=O) groups is 3. The van der Waals surface area contributed by atoms with Crippen LogP contribution in [0.15, 0.2) is 59.7 Å². The Labute approximate surface area is 347 Å². The SMILES string of the molecule is CCOC(=O)c1nc(Cl)nc2c1n(-c1ccc(C(=O)N3CCc4c(n(Cc5ccc(C#N)cc5F)c5ncccc45)C3)nc1)c(=O)n2C1CCN(C(=O)OC(C)(C)C)CC1. The van der Waals surface area contributed by atoms with Crippen molar-refractivity contribution in [2.75, 3.05) is 26.2 Å². The number of hydrogen-bond donors (Lipinski definition) is 0. The molecule has 16 nitrogen and oxygen atoms in total. The van der Waals surface area contributed by atoms with Gasteiger partial charge in [0, 0.05) is 48.5 Å². The summed E-state index contributed by atoms with van der Waals surface area (Å²) in [5, 5.41) is 9.89. The summed E-state index contributed by atoms with van der Waals surface area (Å²) >= 11 is 6.35. The third kappa shape index (κ3) is 7.43. The number of pyridine rings is 2. The number of amides is 2. The number of likely N-dealkylation sites (tertiary alicyclic amines) is 1. The summed E-state index contributed by atoms with van der Waals surface area (Å²) in [6, 6.07) is 12.7. The molecule has 8 rings (SSSR count). The van der Waals surface area contributed by atoms with Gasteiger partial charge in [-0.25, -0.2) is 33.7 Å². The zero-order valence-electron chi connectivity index (χ0n) is 33.3. The van der Waals surface area contributed by atoms with Crippen LogP contribution in [-0.4, -0.2) is 93.2 Å². The molecule has 0 spiro atoms. The van der Waals surface area contributed by atoms with E-state index in [0.717, 1.165) is 16.6 Å². The highest BCUT2D eigenvalue weighted by Gasteiger charge is 2.34. The van der Waals surface area contributed by atoms with Gasteiger partial charge in [-0.05, 0) is 101 Å². The standard InChI is InChI=1S/C42H40ClFN10O6/c1-5-59-38(56)33-34-36(49-39(43)48-33)54(26-12-16-50(17-13-26)41(58)60-42(2,3)4)40(57)53(34)27-10-11-31(47-21-27)37(55)51-18-14-28-29-7-6-15-46-35(29)52(32(28)23-51)22-25-9-8-24(20-45)19-30(25)44/h6-11,15,19,21,26H,5,12-14,16-18,22-23H2,1-4H3. The molecule has 2 amide bonds. The fourth-order valence-electron chi connectivity index (χ4n) is 7.95. The molecule has 0 aliphatic carbocycles. The topological polar surface area (TPSA) is 183 Å². The van der Waals surface area contributed by atoms with E-state index in [2.05, 4.69) is 19.9 Å². The minimum absolute atomic E-state index is 0.0377. The molecule has 1 fully saturated rings. The Kier molecular flexibility index (Phi) is 10.6. The molecule has 7 heterocycles. The molecule has 2 aliphatic rings. The van der Waals surface area contributed by atoms with Gasteiger partial charge in [0.1, 0.15) is 28.3 Å². The zero-order chi connectivity index (χ0) is 42.5. The van der Waals surface area contributed by atoms with E-state index in [0.29, 0.717) is 50.1 Å². The van der Waals surface area contributed by atoms with Gasteiger partial charge in [-0.3, -0.25) is 13.9 Å². The molecule has 6 aromatic rings. The molecule has 18 heteroatoms. The monoisotopic (exact) mass is 834 g/mol. The first-order valence-corrected chi connectivity index (χ1v) is 19.9. The van der Waals surface area contributed by atoms with Gasteiger partial charge in [-0.2, -0.15) is 10.2 Å². The number of aromatic nitrogens is 7. The van der Waals surface area contributed by atoms with Crippen molar-refractivity contribution in [2.24, 2.45) is 0 Å². The molecule has 1 aromatic carbocycles. The van der Waals surface area contributed by atoms with E-state index in [1.54, 1.807) is 61.9 Å². The van der Waals surface area contributed by atoms with Crippen molar-refractivity contribution in [3.63, 3.8) is 0 Å². The van der Waals surface area contributed by atoms with Gasteiger partial charge in [0.25, 0.3) is 5.91 Å². The van der Waals surface area contributed by atoms with Crippen LogP contribution in [0.5, 0.6) is 0 Å². The maximum Gasteiger partial charge on any atom is 0.410 e. The summed E-state index contributed by atoms with van der Waals surface area (Å²) in [6.45, 7) is 8.40. The number of rotatable bonds is 7. The van der Waals surface area contributed by atoms with Crippen LogP contribution in [0, 0.1) is 17.1 Å². The van der Waals surface area contributed by atoms with E-state index in [4.69, 9.17) is 21.1 Å². The number of fused-ring (bicyclic) bond motifs is 4. The van der Waals surface area contributed by atoms with Crippen molar-refractivity contribution in [2.45, 2.75) is 71.7 Å². The second-order valence-corrected chi connectivity index (χ2v) is 15.9. The number of hydrogen-bond acceptors (Lipinski definition) is 11. The molecule has 2 aliphatic heterocycles.